The smallest absolute Gasteiger partial charge is 0.224 e. The number of aromatic nitrogens is 6. The Kier molecular flexibility index (Phi) is 5.42. The molecular weight excluding hydrogens is 366 g/mol. The highest BCUT2D eigenvalue weighted by Crippen LogP contribution is 2.16. The Morgan fingerprint density at radius 2 is 1.86 bits per heavy atom. The third-order valence-electron chi connectivity index (χ3n) is 4.64. The molecule has 0 aliphatic carbocycles. The topological polar surface area (TPSA) is 90.5 Å². The van der Waals surface area contributed by atoms with Crippen LogP contribution in [-0.4, -0.2) is 35.9 Å². The van der Waals surface area contributed by atoms with E-state index in [1.54, 1.807) is 10.9 Å². The first-order valence-corrected chi connectivity index (χ1v) is 9.35. The normalized spacial score (nSPS) is 11.9. The number of benzene rings is 2. The second-order valence-electron chi connectivity index (χ2n) is 6.74. The van der Waals surface area contributed by atoms with Gasteiger partial charge in [0.25, 0.3) is 0 Å². The molecule has 1 unspecified atom stereocenters. The molecule has 29 heavy (non-hydrogen) atoms. The molecule has 4 rings (SSSR count). The van der Waals surface area contributed by atoms with E-state index in [1.165, 1.54) is 0 Å². The van der Waals surface area contributed by atoms with Crippen LogP contribution in [0.15, 0.2) is 73.1 Å². The number of carbonyl (C=O) groups is 1. The van der Waals surface area contributed by atoms with Crippen LogP contribution in [-0.2, 0) is 17.8 Å². The molecule has 0 spiro atoms. The summed E-state index contributed by atoms with van der Waals surface area (Å²) in [5.41, 5.74) is 2.82. The third-order valence-corrected chi connectivity index (χ3v) is 4.64. The molecule has 4 aromatic rings. The van der Waals surface area contributed by atoms with E-state index in [4.69, 9.17) is 0 Å². The van der Waals surface area contributed by atoms with Crippen molar-refractivity contribution in [3.8, 4) is 5.69 Å². The van der Waals surface area contributed by atoms with Crippen molar-refractivity contribution < 1.29 is 4.79 Å². The minimum Gasteiger partial charge on any atom is -0.347 e. The van der Waals surface area contributed by atoms with E-state index in [0.717, 1.165) is 16.8 Å². The maximum absolute atomic E-state index is 12.7. The zero-order chi connectivity index (χ0) is 20.1. The lowest BCUT2D eigenvalue weighted by Gasteiger charge is -2.19. The summed E-state index contributed by atoms with van der Waals surface area (Å²) in [6.45, 7) is 2.41. The predicted octanol–water partition coefficient (Wildman–Crippen LogP) is 2.27. The van der Waals surface area contributed by atoms with Crippen LogP contribution in [0.25, 0.3) is 5.69 Å². The summed E-state index contributed by atoms with van der Waals surface area (Å²) in [4.78, 5) is 12.7. The van der Waals surface area contributed by atoms with Crippen molar-refractivity contribution in [1.29, 1.82) is 0 Å². The molecule has 0 aliphatic rings. The summed E-state index contributed by atoms with van der Waals surface area (Å²) in [5, 5.41) is 18.9. The first-order chi connectivity index (χ1) is 14.2. The molecule has 146 valence electrons. The van der Waals surface area contributed by atoms with Crippen molar-refractivity contribution in [2.75, 3.05) is 0 Å². The highest BCUT2D eigenvalue weighted by atomic mass is 16.1. The highest BCUT2D eigenvalue weighted by molar-refractivity contribution is 5.79. The lowest BCUT2D eigenvalue weighted by atomic mass is 10.1. The quantitative estimate of drug-likeness (QED) is 0.525. The van der Waals surface area contributed by atoms with Crippen LogP contribution in [0.4, 0.5) is 0 Å². The van der Waals surface area contributed by atoms with E-state index >= 15 is 0 Å². The predicted molar refractivity (Wildman–Crippen MR) is 107 cm³/mol. The van der Waals surface area contributed by atoms with Crippen LogP contribution in [0.2, 0.25) is 0 Å². The molecule has 2 aromatic heterocycles. The van der Waals surface area contributed by atoms with Crippen LogP contribution >= 0.6 is 0 Å². The van der Waals surface area contributed by atoms with Crippen LogP contribution in [0.1, 0.15) is 23.0 Å². The molecule has 0 radical (unpaired) electrons. The van der Waals surface area contributed by atoms with Crippen molar-refractivity contribution in [3.63, 3.8) is 0 Å². The minimum absolute atomic E-state index is 0.0441. The van der Waals surface area contributed by atoms with Gasteiger partial charge in [-0.3, -0.25) is 9.48 Å². The molecule has 8 nitrogen and oxygen atoms in total. The highest BCUT2D eigenvalue weighted by Gasteiger charge is 2.16. The van der Waals surface area contributed by atoms with Gasteiger partial charge in [-0.2, -0.15) is 9.78 Å². The molecule has 1 N–H and O–H groups in total. The van der Waals surface area contributed by atoms with Crippen LogP contribution in [0.3, 0.4) is 0 Å². The average molecular weight is 387 g/mol. The maximum Gasteiger partial charge on any atom is 0.224 e. The van der Waals surface area contributed by atoms with Gasteiger partial charge >= 0.3 is 0 Å². The maximum atomic E-state index is 12.7. The molecule has 8 heteroatoms. The zero-order valence-electron chi connectivity index (χ0n) is 16.0. The van der Waals surface area contributed by atoms with E-state index in [-0.39, 0.29) is 18.4 Å². The summed E-state index contributed by atoms with van der Waals surface area (Å²) in [7, 11) is 0. The summed E-state index contributed by atoms with van der Waals surface area (Å²) in [6.07, 6.45) is 3.91. The Bertz CT molecular complexity index is 1060. The van der Waals surface area contributed by atoms with Gasteiger partial charge in [0.2, 0.25) is 5.91 Å². The molecule has 0 fully saturated rings. The lowest BCUT2D eigenvalue weighted by molar-refractivity contribution is -0.121. The van der Waals surface area contributed by atoms with Crippen molar-refractivity contribution in [3.05, 3.63) is 90.0 Å². The number of amides is 1. The molecular formula is C21H21N7O. The fraction of sp³-hybridized carbons (Fsp3) is 0.190. The van der Waals surface area contributed by atoms with Gasteiger partial charge in [0.1, 0.15) is 0 Å². The number of rotatable bonds is 7. The molecule has 0 saturated heterocycles. The SMILES string of the molecule is Cc1nnnn1-c1ccc(CC(=O)NC(Cn2cccn2)c2ccccc2)cc1. The number of tetrazole rings is 1. The van der Waals surface area contributed by atoms with Crippen molar-refractivity contribution in [2.24, 2.45) is 0 Å². The number of aryl methyl sites for hydroxylation is 1. The Hall–Kier alpha value is -3.81. The second kappa shape index (κ2) is 8.47. The van der Waals surface area contributed by atoms with Crippen molar-refractivity contribution >= 4 is 5.91 Å². The Labute approximate surface area is 168 Å². The first kappa shape index (κ1) is 18.5. The first-order valence-electron chi connectivity index (χ1n) is 9.35. The van der Waals surface area contributed by atoms with E-state index < -0.39 is 0 Å². The molecule has 0 aliphatic heterocycles. The Morgan fingerprint density at radius 3 is 2.52 bits per heavy atom. The van der Waals surface area contributed by atoms with Gasteiger partial charge in [-0.05, 0) is 46.7 Å². The van der Waals surface area contributed by atoms with Gasteiger partial charge in [-0.15, -0.1) is 5.10 Å². The summed E-state index contributed by atoms with van der Waals surface area (Å²) in [6, 6.07) is 19.3. The lowest BCUT2D eigenvalue weighted by Crippen LogP contribution is -2.32. The van der Waals surface area contributed by atoms with Gasteiger partial charge in [-0.1, -0.05) is 42.5 Å². The van der Waals surface area contributed by atoms with Gasteiger partial charge in [0, 0.05) is 12.4 Å². The van der Waals surface area contributed by atoms with Crippen LogP contribution in [0.5, 0.6) is 0 Å². The van der Waals surface area contributed by atoms with Crippen molar-refractivity contribution in [1.82, 2.24) is 35.3 Å². The third kappa shape index (κ3) is 4.55. The zero-order valence-corrected chi connectivity index (χ0v) is 16.0. The fourth-order valence-electron chi connectivity index (χ4n) is 3.17. The van der Waals surface area contributed by atoms with Gasteiger partial charge < -0.3 is 5.32 Å². The molecule has 2 heterocycles. The van der Waals surface area contributed by atoms with Gasteiger partial charge in [0.15, 0.2) is 5.82 Å². The average Bonchev–Trinajstić information content (AvgIpc) is 3.40. The Balaban J connectivity index is 1.44. The summed E-state index contributed by atoms with van der Waals surface area (Å²) >= 11 is 0. The number of nitrogens with one attached hydrogen (secondary N) is 1. The fourth-order valence-corrected chi connectivity index (χ4v) is 3.17. The molecule has 2 aromatic carbocycles. The molecule has 0 saturated carbocycles. The van der Waals surface area contributed by atoms with Crippen molar-refractivity contribution in [2.45, 2.75) is 25.9 Å². The van der Waals surface area contributed by atoms with Crippen LogP contribution in [0, 0.1) is 6.92 Å². The standard InChI is InChI=1S/C21H21N7O/c1-16-24-25-26-28(16)19-10-8-17(9-11-19)14-21(29)23-20(15-27-13-5-12-22-27)18-6-3-2-4-7-18/h2-13,20H,14-15H2,1H3,(H,23,29). The second-order valence-corrected chi connectivity index (χ2v) is 6.74. The van der Waals surface area contributed by atoms with E-state index in [0.29, 0.717) is 12.4 Å². The molecule has 1 amide bonds. The summed E-state index contributed by atoms with van der Waals surface area (Å²) in [5.74, 6) is 0.664. The molecule has 1 atom stereocenters. The van der Waals surface area contributed by atoms with Gasteiger partial charge in [0.05, 0.1) is 24.7 Å². The largest absolute Gasteiger partial charge is 0.347 e. The number of hydrogen-bond donors (Lipinski definition) is 1. The Morgan fingerprint density at radius 1 is 1.07 bits per heavy atom. The number of nitrogens with zero attached hydrogens (tertiary/aromatic N) is 6. The monoisotopic (exact) mass is 387 g/mol. The van der Waals surface area contributed by atoms with Crippen LogP contribution < -0.4 is 5.32 Å². The van der Waals surface area contributed by atoms with E-state index in [2.05, 4.69) is 25.9 Å². The minimum atomic E-state index is -0.160. The van der Waals surface area contributed by atoms with E-state index in [1.807, 2.05) is 78.5 Å². The van der Waals surface area contributed by atoms with E-state index in [9.17, 15) is 4.79 Å². The number of hydrogen-bond acceptors (Lipinski definition) is 5. The molecule has 0 bridgehead atoms. The summed E-state index contributed by atoms with van der Waals surface area (Å²) < 4.78 is 3.47. The van der Waals surface area contributed by atoms with Gasteiger partial charge in [-0.25, -0.2) is 0 Å². The number of carbonyl (C=O) groups excluding carboxylic acids is 1.